The van der Waals surface area contributed by atoms with E-state index in [-0.39, 0.29) is 12.4 Å². The summed E-state index contributed by atoms with van der Waals surface area (Å²) in [4.78, 5) is 22.9. The number of ether oxygens (including phenoxy) is 1. The number of imide groups is 1. The van der Waals surface area contributed by atoms with Gasteiger partial charge in [-0.2, -0.15) is 0 Å². The fourth-order valence-corrected chi connectivity index (χ4v) is 1.51. The number of likely N-dealkylation sites (N-methyl/N-ethyl adjacent to an activating group) is 1. The number of carbonyl (C=O) groups is 2. The van der Waals surface area contributed by atoms with Crippen LogP contribution in [0.5, 0.6) is 0 Å². The molecule has 0 fully saturated rings. The Morgan fingerprint density at radius 3 is 2.67 bits per heavy atom. The first-order valence-electron chi connectivity index (χ1n) is 5.45. The van der Waals surface area contributed by atoms with Crippen molar-refractivity contribution in [1.29, 1.82) is 0 Å². The highest BCUT2D eigenvalue weighted by Crippen LogP contribution is 2.03. The number of halogens is 1. The number of hydrogen-bond donors (Lipinski definition) is 2. The number of benzene rings is 1. The van der Waals surface area contributed by atoms with Crippen molar-refractivity contribution >= 4 is 12.0 Å². The van der Waals surface area contributed by atoms with Gasteiger partial charge < -0.3 is 9.64 Å². The number of alkyl carbamates (subject to hydrolysis) is 1. The van der Waals surface area contributed by atoms with Crippen LogP contribution in [0.1, 0.15) is 5.56 Å². The quantitative estimate of drug-likeness (QED) is 0.778. The Bertz CT molecular complexity index is 437. The van der Waals surface area contributed by atoms with E-state index in [0.717, 1.165) is 4.90 Å². The van der Waals surface area contributed by atoms with Crippen LogP contribution < -0.4 is 10.2 Å². The van der Waals surface area contributed by atoms with E-state index in [4.69, 9.17) is 0 Å². The standard InChI is InChI=1S/C12H15FN2O3/c1-15(8-11(16)14-12(17)18-2)7-9-5-3-4-6-10(9)13/h3-6H,7-8H2,1-2H3,(H,14,16,17)/p+1. The summed E-state index contributed by atoms with van der Waals surface area (Å²) in [6.07, 6.45) is -0.793. The molecule has 1 atom stereocenters. The highest BCUT2D eigenvalue weighted by atomic mass is 19.1. The number of quaternary nitrogens is 1. The molecule has 0 aliphatic rings. The molecule has 2 N–H and O–H groups in total. The lowest BCUT2D eigenvalue weighted by atomic mass is 10.2. The van der Waals surface area contributed by atoms with Crippen molar-refractivity contribution in [3.63, 3.8) is 0 Å². The Labute approximate surface area is 105 Å². The van der Waals surface area contributed by atoms with Crippen molar-refractivity contribution < 1.29 is 23.6 Å². The molecule has 1 aromatic rings. The molecule has 18 heavy (non-hydrogen) atoms. The average molecular weight is 255 g/mol. The smallest absolute Gasteiger partial charge is 0.413 e. The van der Waals surface area contributed by atoms with Crippen LogP contribution in [0, 0.1) is 5.82 Å². The third kappa shape index (κ3) is 4.50. The van der Waals surface area contributed by atoms with E-state index in [2.05, 4.69) is 4.74 Å². The molecule has 1 aromatic carbocycles. The zero-order valence-electron chi connectivity index (χ0n) is 10.3. The SMILES string of the molecule is COC(=O)NC(=O)C[NH+](C)Cc1ccccc1F. The summed E-state index contributed by atoms with van der Waals surface area (Å²) < 4.78 is 17.7. The maximum absolute atomic E-state index is 13.4. The number of rotatable bonds is 4. The predicted molar refractivity (Wildman–Crippen MR) is 62.4 cm³/mol. The molecule has 0 aliphatic carbocycles. The second-order valence-electron chi connectivity index (χ2n) is 3.94. The molecule has 6 heteroatoms. The van der Waals surface area contributed by atoms with Crippen LogP contribution in [0.25, 0.3) is 0 Å². The van der Waals surface area contributed by atoms with Gasteiger partial charge in [0.25, 0.3) is 5.91 Å². The van der Waals surface area contributed by atoms with Gasteiger partial charge in [-0.1, -0.05) is 18.2 Å². The van der Waals surface area contributed by atoms with Gasteiger partial charge in [0.2, 0.25) is 0 Å². The van der Waals surface area contributed by atoms with Crippen LogP contribution in [-0.2, 0) is 16.1 Å². The summed E-state index contributed by atoms with van der Waals surface area (Å²) in [7, 11) is 2.92. The predicted octanol–water partition coefficient (Wildman–Crippen LogP) is -0.277. The van der Waals surface area contributed by atoms with Gasteiger partial charge in [-0.25, -0.2) is 9.18 Å². The number of hydrogen-bond acceptors (Lipinski definition) is 3. The largest absolute Gasteiger partial charge is 0.453 e. The molecule has 0 saturated carbocycles. The topological polar surface area (TPSA) is 59.8 Å². The number of carbonyl (C=O) groups excluding carboxylic acids is 2. The van der Waals surface area contributed by atoms with Crippen molar-refractivity contribution in [3.8, 4) is 0 Å². The summed E-state index contributed by atoms with van der Waals surface area (Å²) in [5, 5.41) is 2.05. The third-order valence-corrected chi connectivity index (χ3v) is 2.34. The molecule has 0 aromatic heterocycles. The minimum absolute atomic E-state index is 0.0590. The fraction of sp³-hybridized carbons (Fsp3) is 0.333. The summed E-state index contributed by atoms with van der Waals surface area (Å²) in [6, 6.07) is 6.38. The van der Waals surface area contributed by atoms with Crippen molar-refractivity contribution in [1.82, 2.24) is 5.32 Å². The molecule has 0 aliphatic heterocycles. The van der Waals surface area contributed by atoms with Crippen LogP contribution in [0.3, 0.4) is 0 Å². The van der Waals surface area contributed by atoms with Crippen LogP contribution >= 0.6 is 0 Å². The molecule has 0 spiro atoms. The summed E-state index contributed by atoms with van der Waals surface area (Å²) >= 11 is 0. The maximum atomic E-state index is 13.4. The lowest BCUT2D eigenvalue weighted by Gasteiger charge is -2.13. The molecule has 98 valence electrons. The highest BCUT2D eigenvalue weighted by molar-refractivity contribution is 5.92. The van der Waals surface area contributed by atoms with Gasteiger partial charge in [0.1, 0.15) is 12.4 Å². The van der Waals surface area contributed by atoms with E-state index in [1.54, 1.807) is 25.2 Å². The van der Waals surface area contributed by atoms with E-state index in [0.29, 0.717) is 12.1 Å². The monoisotopic (exact) mass is 255 g/mol. The van der Waals surface area contributed by atoms with Crippen LogP contribution in [0.15, 0.2) is 24.3 Å². The van der Waals surface area contributed by atoms with Crippen LogP contribution in [0.2, 0.25) is 0 Å². The lowest BCUT2D eigenvalue weighted by molar-refractivity contribution is -0.885. The zero-order valence-corrected chi connectivity index (χ0v) is 10.3. The summed E-state index contributed by atoms with van der Waals surface area (Å²) in [5.74, 6) is -0.763. The lowest BCUT2D eigenvalue weighted by Crippen LogP contribution is -3.09. The first kappa shape index (κ1) is 14.1. The van der Waals surface area contributed by atoms with Crippen molar-refractivity contribution in [3.05, 3.63) is 35.6 Å². The van der Waals surface area contributed by atoms with Crippen LogP contribution in [-0.4, -0.2) is 32.7 Å². The normalized spacial score (nSPS) is 11.7. The van der Waals surface area contributed by atoms with Gasteiger partial charge in [-0.15, -0.1) is 0 Å². The van der Waals surface area contributed by atoms with E-state index >= 15 is 0 Å². The Balaban J connectivity index is 2.47. The molecule has 1 unspecified atom stereocenters. The van der Waals surface area contributed by atoms with Crippen LogP contribution in [0.4, 0.5) is 9.18 Å². The minimum Gasteiger partial charge on any atom is -0.453 e. The fourth-order valence-electron chi connectivity index (χ4n) is 1.51. The number of methoxy groups -OCH3 is 1. The second kappa shape index (κ2) is 6.70. The first-order valence-corrected chi connectivity index (χ1v) is 5.45. The Kier molecular flexibility index (Phi) is 5.26. The third-order valence-electron chi connectivity index (χ3n) is 2.34. The van der Waals surface area contributed by atoms with Gasteiger partial charge in [-0.05, 0) is 6.07 Å². The van der Waals surface area contributed by atoms with Crippen molar-refractivity contribution in [2.24, 2.45) is 0 Å². The molecular formula is C12H16FN2O3+. The van der Waals surface area contributed by atoms with E-state index in [9.17, 15) is 14.0 Å². The number of nitrogens with one attached hydrogen (secondary N) is 2. The Hall–Kier alpha value is -1.95. The molecule has 0 saturated heterocycles. The molecular weight excluding hydrogens is 239 g/mol. The van der Waals surface area contributed by atoms with Gasteiger partial charge in [0.05, 0.1) is 14.2 Å². The van der Waals surface area contributed by atoms with E-state index in [1.807, 2.05) is 5.32 Å². The molecule has 0 radical (unpaired) electrons. The van der Waals surface area contributed by atoms with Gasteiger partial charge in [-0.3, -0.25) is 10.1 Å². The highest BCUT2D eigenvalue weighted by Gasteiger charge is 2.14. The maximum Gasteiger partial charge on any atom is 0.413 e. The minimum atomic E-state index is -0.793. The van der Waals surface area contributed by atoms with Crippen molar-refractivity contribution in [2.75, 3.05) is 20.7 Å². The average Bonchev–Trinajstić information content (AvgIpc) is 2.31. The summed E-state index contributed by atoms with van der Waals surface area (Å²) in [5.41, 5.74) is 0.529. The molecule has 5 nitrogen and oxygen atoms in total. The van der Waals surface area contributed by atoms with E-state index in [1.165, 1.54) is 13.2 Å². The summed E-state index contributed by atoms with van der Waals surface area (Å²) in [6.45, 7) is 0.421. The Morgan fingerprint density at radius 2 is 2.06 bits per heavy atom. The van der Waals surface area contributed by atoms with E-state index < -0.39 is 12.0 Å². The molecule has 1 rings (SSSR count). The van der Waals surface area contributed by atoms with Crippen molar-refractivity contribution in [2.45, 2.75) is 6.54 Å². The first-order chi connectivity index (χ1) is 8.52. The number of amides is 2. The van der Waals surface area contributed by atoms with Gasteiger partial charge in [0.15, 0.2) is 6.54 Å². The van der Waals surface area contributed by atoms with Gasteiger partial charge >= 0.3 is 6.09 Å². The second-order valence-corrected chi connectivity index (χ2v) is 3.94. The molecule has 0 heterocycles. The van der Waals surface area contributed by atoms with Gasteiger partial charge in [0, 0.05) is 5.56 Å². The zero-order chi connectivity index (χ0) is 13.5. The molecule has 2 amide bonds. The molecule has 0 bridgehead atoms. The Morgan fingerprint density at radius 1 is 1.39 bits per heavy atom.